The van der Waals surface area contributed by atoms with Crippen LogP contribution in [0, 0.1) is 0 Å². The van der Waals surface area contributed by atoms with Gasteiger partial charge in [0.25, 0.3) is 5.91 Å². The Morgan fingerprint density at radius 3 is 3.00 bits per heavy atom. The zero-order valence-electron chi connectivity index (χ0n) is 11.5. The van der Waals surface area contributed by atoms with Crippen LogP contribution in [0.25, 0.3) is 0 Å². The zero-order chi connectivity index (χ0) is 13.8. The van der Waals surface area contributed by atoms with Gasteiger partial charge in [0.05, 0.1) is 12.3 Å². The minimum Gasteiger partial charge on any atom is -0.397 e. The van der Waals surface area contributed by atoms with Gasteiger partial charge in [-0.25, -0.2) is 0 Å². The summed E-state index contributed by atoms with van der Waals surface area (Å²) < 4.78 is 6.91. The Labute approximate surface area is 118 Å². The Hall–Kier alpha value is -1.14. The standard InChI is InChI=1S/C13H21N3O2S/c1-15-8-10(14)7-12(15)13(17)16(4-5-18-2)11-3-6-19-9-11/h7-8,11H,3-6,9,14H2,1-2H3. The van der Waals surface area contributed by atoms with Crippen LogP contribution < -0.4 is 5.73 Å². The lowest BCUT2D eigenvalue weighted by Gasteiger charge is -2.28. The van der Waals surface area contributed by atoms with Crippen molar-refractivity contribution in [2.45, 2.75) is 12.5 Å². The molecule has 1 aromatic rings. The van der Waals surface area contributed by atoms with Crippen LogP contribution in [-0.2, 0) is 11.8 Å². The molecule has 0 aromatic carbocycles. The van der Waals surface area contributed by atoms with Crippen LogP contribution in [0.5, 0.6) is 0 Å². The molecule has 1 amide bonds. The number of carbonyl (C=O) groups excluding carboxylic acids is 1. The van der Waals surface area contributed by atoms with Crippen molar-refractivity contribution in [2.75, 3.05) is 37.5 Å². The molecule has 1 aliphatic rings. The van der Waals surface area contributed by atoms with Crippen molar-refractivity contribution >= 4 is 23.4 Å². The van der Waals surface area contributed by atoms with Crippen molar-refractivity contribution < 1.29 is 9.53 Å². The highest BCUT2D eigenvalue weighted by Gasteiger charge is 2.28. The predicted octanol–water partition coefficient (Wildman–Crippen LogP) is 1.20. The fraction of sp³-hybridized carbons (Fsp3) is 0.615. The Morgan fingerprint density at radius 1 is 1.68 bits per heavy atom. The molecule has 2 heterocycles. The van der Waals surface area contributed by atoms with Crippen LogP contribution in [0.3, 0.4) is 0 Å². The number of methoxy groups -OCH3 is 1. The van der Waals surface area contributed by atoms with Gasteiger partial charge in [-0.2, -0.15) is 11.8 Å². The van der Waals surface area contributed by atoms with Gasteiger partial charge < -0.3 is 19.9 Å². The number of rotatable bonds is 5. The van der Waals surface area contributed by atoms with E-state index < -0.39 is 0 Å². The van der Waals surface area contributed by atoms with Crippen LogP contribution in [0.15, 0.2) is 12.3 Å². The third-order valence-corrected chi connectivity index (χ3v) is 4.53. The lowest BCUT2D eigenvalue weighted by molar-refractivity contribution is 0.0615. The third-order valence-electron chi connectivity index (χ3n) is 3.39. The van der Waals surface area contributed by atoms with Crippen LogP contribution in [0.1, 0.15) is 16.9 Å². The largest absolute Gasteiger partial charge is 0.397 e. The van der Waals surface area contributed by atoms with Gasteiger partial charge in [-0.1, -0.05) is 0 Å². The summed E-state index contributed by atoms with van der Waals surface area (Å²) in [6.45, 7) is 1.19. The Morgan fingerprint density at radius 2 is 2.47 bits per heavy atom. The fourth-order valence-corrected chi connectivity index (χ4v) is 3.58. The number of nitrogens with zero attached hydrogens (tertiary/aromatic N) is 2. The summed E-state index contributed by atoms with van der Waals surface area (Å²) in [5.74, 6) is 2.18. The highest BCUT2D eigenvalue weighted by atomic mass is 32.2. The molecule has 0 saturated carbocycles. The lowest BCUT2D eigenvalue weighted by Crippen LogP contribution is -2.43. The van der Waals surface area contributed by atoms with Gasteiger partial charge in [0.15, 0.2) is 0 Å². The fourth-order valence-electron chi connectivity index (χ4n) is 2.36. The molecular formula is C13H21N3O2S. The van der Waals surface area contributed by atoms with Gasteiger partial charge in [-0.3, -0.25) is 4.79 Å². The topological polar surface area (TPSA) is 60.5 Å². The van der Waals surface area contributed by atoms with E-state index in [0.29, 0.717) is 30.6 Å². The van der Waals surface area contributed by atoms with E-state index >= 15 is 0 Å². The van der Waals surface area contributed by atoms with E-state index in [1.807, 2.05) is 23.7 Å². The second kappa shape index (κ2) is 6.34. The van der Waals surface area contributed by atoms with Gasteiger partial charge in [0, 0.05) is 38.7 Å². The van der Waals surface area contributed by atoms with E-state index in [4.69, 9.17) is 10.5 Å². The molecule has 5 nitrogen and oxygen atoms in total. The zero-order valence-corrected chi connectivity index (χ0v) is 12.3. The van der Waals surface area contributed by atoms with Crippen molar-refractivity contribution in [2.24, 2.45) is 7.05 Å². The number of aromatic nitrogens is 1. The SMILES string of the molecule is COCCN(C(=O)c1cc(N)cn1C)C1CCSC1. The maximum atomic E-state index is 12.7. The molecule has 0 spiro atoms. The quantitative estimate of drug-likeness (QED) is 0.882. The Balaban J connectivity index is 2.16. The number of hydrogen-bond donors (Lipinski definition) is 1. The van der Waals surface area contributed by atoms with E-state index in [0.717, 1.165) is 17.9 Å². The van der Waals surface area contributed by atoms with E-state index in [9.17, 15) is 4.79 Å². The number of carbonyl (C=O) groups is 1. The molecule has 1 atom stereocenters. The summed E-state index contributed by atoms with van der Waals surface area (Å²) in [4.78, 5) is 14.6. The minimum atomic E-state index is 0.0451. The molecule has 2 rings (SSSR count). The highest BCUT2D eigenvalue weighted by Crippen LogP contribution is 2.24. The number of nitrogen functional groups attached to an aromatic ring is 1. The van der Waals surface area contributed by atoms with Gasteiger partial charge >= 0.3 is 0 Å². The normalized spacial score (nSPS) is 18.7. The number of ether oxygens (including phenoxy) is 1. The first-order valence-electron chi connectivity index (χ1n) is 6.43. The van der Waals surface area contributed by atoms with E-state index in [-0.39, 0.29) is 5.91 Å². The summed E-state index contributed by atoms with van der Waals surface area (Å²) in [6.07, 6.45) is 2.82. The van der Waals surface area contributed by atoms with Crippen LogP contribution in [0.2, 0.25) is 0 Å². The van der Waals surface area contributed by atoms with Crippen molar-refractivity contribution in [3.05, 3.63) is 18.0 Å². The lowest BCUT2D eigenvalue weighted by atomic mass is 10.2. The molecule has 0 bridgehead atoms. The van der Waals surface area contributed by atoms with Crippen molar-refractivity contribution in [3.8, 4) is 0 Å². The number of amides is 1. The number of hydrogen-bond acceptors (Lipinski definition) is 4. The molecule has 2 N–H and O–H groups in total. The minimum absolute atomic E-state index is 0.0451. The van der Waals surface area contributed by atoms with Crippen molar-refractivity contribution in [1.82, 2.24) is 9.47 Å². The van der Waals surface area contributed by atoms with E-state index in [2.05, 4.69) is 0 Å². The summed E-state index contributed by atoms with van der Waals surface area (Å²) in [7, 11) is 3.51. The molecule has 6 heteroatoms. The van der Waals surface area contributed by atoms with Crippen molar-refractivity contribution in [1.29, 1.82) is 0 Å². The molecule has 1 fully saturated rings. The molecule has 1 unspecified atom stereocenters. The molecule has 106 valence electrons. The number of thioether (sulfide) groups is 1. The second-order valence-corrected chi connectivity index (χ2v) is 5.93. The van der Waals surface area contributed by atoms with Crippen LogP contribution in [-0.4, -0.2) is 53.2 Å². The summed E-state index contributed by atoms with van der Waals surface area (Å²) in [5.41, 5.74) is 7.02. The van der Waals surface area contributed by atoms with E-state index in [1.54, 1.807) is 23.9 Å². The molecule has 1 aromatic heterocycles. The van der Waals surface area contributed by atoms with Gasteiger partial charge in [-0.15, -0.1) is 0 Å². The van der Waals surface area contributed by atoms with Gasteiger partial charge in [0.2, 0.25) is 0 Å². The summed E-state index contributed by atoms with van der Waals surface area (Å²) >= 11 is 1.90. The Kier molecular flexibility index (Phi) is 4.76. The highest BCUT2D eigenvalue weighted by molar-refractivity contribution is 7.99. The molecule has 19 heavy (non-hydrogen) atoms. The average Bonchev–Trinajstić information content (AvgIpc) is 2.99. The first-order chi connectivity index (χ1) is 9.13. The van der Waals surface area contributed by atoms with Gasteiger partial charge in [-0.05, 0) is 18.2 Å². The maximum Gasteiger partial charge on any atom is 0.270 e. The summed E-state index contributed by atoms with van der Waals surface area (Å²) in [5, 5.41) is 0. The smallest absolute Gasteiger partial charge is 0.270 e. The molecule has 0 radical (unpaired) electrons. The predicted molar refractivity (Wildman–Crippen MR) is 78.5 cm³/mol. The molecule has 0 aliphatic carbocycles. The monoisotopic (exact) mass is 283 g/mol. The maximum absolute atomic E-state index is 12.7. The Bertz CT molecular complexity index is 441. The molecule has 1 saturated heterocycles. The number of nitrogens with two attached hydrogens (primary N) is 1. The first kappa shape index (κ1) is 14.3. The third kappa shape index (κ3) is 3.25. The average molecular weight is 283 g/mol. The molecular weight excluding hydrogens is 262 g/mol. The van der Waals surface area contributed by atoms with E-state index in [1.165, 1.54) is 0 Å². The summed E-state index contributed by atoms with van der Waals surface area (Å²) in [6, 6.07) is 2.05. The second-order valence-electron chi connectivity index (χ2n) is 4.78. The number of aryl methyl sites for hydroxylation is 1. The van der Waals surface area contributed by atoms with Crippen molar-refractivity contribution in [3.63, 3.8) is 0 Å². The molecule has 1 aliphatic heterocycles. The first-order valence-corrected chi connectivity index (χ1v) is 7.58. The van der Waals surface area contributed by atoms with Crippen LogP contribution >= 0.6 is 11.8 Å². The van der Waals surface area contributed by atoms with Gasteiger partial charge in [0.1, 0.15) is 5.69 Å². The van der Waals surface area contributed by atoms with Crippen LogP contribution in [0.4, 0.5) is 5.69 Å². The number of anilines is 1.